The lowest BCUT2D eigenvalue weighted by molar-refractivity contribution is -0.132. The summed E-state index contributed by atoms with van der Waals surface area (Å²) in [5.74, 6) is 0.347. The third kappa shape index (κ3) is 2.53. The first-order valence-electron chi connectivity index (χ1n) is 6.03. The molecule has 16 heavy (non-hydrogen) atoms. The smallest absolute Gasteiger partial charge is 0.254 e. The molecule has 1 saturated heterocycles. The number of hydrazine groups is 1. The molecular weight excluding hydrogens is 204 g/mol. The lowest BCUT2D eigenvalue weighted by Gasteiger charge is -2.34. The van der Waals surface area contributed by atoms with E-state index >= 15 is 0 Å². The average molecular weight is 226 g/mol. The van der Waals surface area contributed by atoms with E-state index in [4.69, 9.17) is 5.73 Å². The molecule has 1 heterocycles. The van der Waals surface area contributed by atoms with E-state index in [1.165, 1.54) is 0 Å². The Balaban J connectivity index is 1.82. The zero-order valence-electron chi connectivity index (χ0n) is 10.2. The molecule has 0 bridgehead atoms. The number of nitrogens with two attached hydrogens (primary N) is 1. The zero-order chi connectivity index (χ0) is 11.8. The van der Waals surface area contributed by atoms with Crippen LogP contribution in [0.4, 0.5) is 0 Å². The Kier molecular flexibility index (Phi) is 3.19. The predicted octanol–water partition coefficient (Wildman–Crippen LogP) is -0.608. The molecule has 1 saturated carbocycles. The van der Waals surface area contributed by atoms with Crippen LogP contribution in [0.1, 0.15) is 19.8 Å². The summed E-state index contributed by atoms with van der Waals surface area (Å²) in [6, 6.07) is 0. The first kappa shape index (κ1) is 11.8. The van der Waals surface area contributed by atoms with Crippen molar-refractivity contribution in [1.29, 1.82) is 0 Å². The summed E-state index contributed by atoms with van der Waals surface area (Å²) in [6.45, 7) is 5.58. The van der Waals surface area contributed by atoms with E-state index in [1.54, 1.807) is 0 Å². The van der Waals surface area contributed by atoms with Crippen molar-refractivity contribution in [3.63, 3.8) is 0 Å². The highest BCUT2D eigenvalue weighted by molar-refractivity contribution is 5.86. The standard InChI is InChI=1S/C11H22N4O/c1-11(12,9-3-4-9)10(16)13-15-7-5-14(2)6-8-15/h9H,3-8,12H2,1-2H3,(H,13,16). The van der Waals surface area contributed by atoms with Crippen molar-refractivity contribution < 1.29 is 4.79 Å². The molecule has 0 spiro atoms. The Labute approximate surface area is 96.9 Å². The zero-order valence-corrected chi connectivity index (χ0v) is 10.2. The lowest BCUT2D eigenvalue weighted by atomic mass is 9.97. The first-order chi connectivity index (χ1) is 7.50. The molecule has 0 aromatic rings. The summed E-state index contributed by atoms with van der Waals surface area (Å²) in [4.78, 5) is 14.3. The fraction of sp³-hybridized carbons (Fsp3) is 0.909. The van der Waals surface area contributed by atoms with E-state index in [2.05, 4.69) is 17.4 Å². The van der Waals surface area contributed by atoms with Crippen LogP contribution >= 0.6 is 0 Å². The van der Waals surface area contributed by atoms with Crippen molar-refractivity contribution in [1.82, 2.24) is 15.3 Å². The van der Waals surface area contributed by atoms with E-state index in [0.29, 0.717) is 5.92 Å². The van der Waals surface area contributed by atoms with Gasteiger partial charge in [-0.15, -0.1) is 0 Å². The van der Waals surface area contributed by atoms with Crippen molar-refractivity contribution in [2.75, 3.05) is 33.2 Å². The molecule has 5 nitrogen and oxygen atoms in total. The van der Waals surface area contributed by atoms with Crippen LogP contribution in [0.5, 0.6) is 0 Å². The molecule has 0 aromatic heterocycles. The molecular formula is C11H22N4O. The van der Waals surface area contributed by atoms with Gasteiger partial charge in [-0.05, 0) is 32.7 Å². The predicted molar refractivity (Wildman–Crippen MR) is 62.5 cm³/mol. The highest BCUT2D eigenvalue weighted by Crippen LogP contribution is 2.38. The van der Waals surface area contributed by atoms with Gasteiger partial charge in [0, 0.05) is 26.2 Å². The Morgan fingerprint density at radius 3 is 2.38 bits per heavy atom. The van der Waals surface area contributed by atoms with Crippen molar-refractivity contribution in [3.05, 3.63) is 0 Å². The molecule has 1 amide bonds. The fourth-order valence-corrected chi connectivity index (χ4v) is 2.05. The molecule has 1 aliphatic carbocycles. The van der Waals surface area contributed by atoms with Gasteiger partial charge in [-0.2, -0.15) is 0 Å². The van der Waals surface area contributed by atoms with Crippen LogP contribution in [-0.4, -0.2) is 54.6 Å². The maximum Gasteiger partial charge on any atom is 0.254 e. The summed E-state index contributed by atoms with van der Waals surface area (Å²) in [7, 11) is 2.09. The fourth-order valence-electron chi connectivity index (χ4n) is 2.05. The number of nitrogens with zero attached hydrogens (tertiary/aromatic N) is 2. The maximum atomic E-state index is 12.0. The van der Waals surface area contributed by atoms with Crippen molar-refractivity contribution in [2.45, 2.75) is 25.3 Å². The monoisotopic (exact) mass is 226 g/mol. The van der Waals surface area contributed by atoms with E-state index < -0.39 is 5.54 Å². The van der Waals surface area contributed by atoms with Gasteiger partial charge < -0.3 is 10.6 Å². The molecule has 3 N–H and O–H groups in total. The van der Waals surface area contributed by atoms with Crippen molar-refractivity contribution in [3.8, 4) is 0 Å². The van der Waals surface area contributed by atoms with Gasteiger partial charge in [-0.1, -0.05) is 0 Å². The molecule has 2 fully saturated rings. The van der Waals surface area contributed by atoms with Gasteiger partial charge >= 0.3 is 0 Å². The molecule has 0 aromatic carbocycles. The molecule has 1 atom stereocenters. The molecule has 5 heteroatoms. The quantitative estimate of drug-likeness (QED) is 0.674. The van der Waals surface area contributed by atoms with Crippen LogP contribution in [-0.2, 0) is 4.79 Å². The Hall–Kier alpha value is -0.650. The van der Waals surface area contributed by atoms with Gasteiger partial charge in [0.2, 0.25) is 0 Å². The average Bonchev–Trinajstić information content (AvgIpc) is 3.05. The molecule has 92 valence electrons. The number of nitrogens with one attached hydrogen (secondary N) is 1. The van der Waals surface area contributed by atoms with Gasteiger partial charge in [0.05, 0.1) is 5.54 Å². The summed E-state index contributed by atoms with van der Waals surface area (Å²) in [5.41, 5.74) is 8.31. The van der Waals surface area contributed by atoms with Crippen LogP contribution in [0.3, 0.4) is 0 Å². The SMILES string of the molecule is CN1CCN(NC(=O)C(C)(N)C2CC2)CC1. The summed E-state index contributed by atoms with van der Waals surface area (Å²) < 4.78 is 0. The number of hydrogen-bond acceptors (Lipinski definition) is 4. The van der Waals surface area contributed by atoms with E-state index in [0.717, 1.165) is 39.0 Å². The van der Waals surface area contributed by atoms with Gasteiger partial charge in [0.25, 0.3) is 5.91 Å². The van der Waals surface area contributed by atoms with Gasteiger partial charge in [-0.25, -0.2) is 5.01 Å². The molecule has 1 aliphatic heterocycles. The van der Waals surface area contributed by atoms with Crippen LogP contribution in [0.25, 0.3) is 0 Å². The summed E-state index contributed by atoms with van der Waals surface area (Å²) >= 11 is 0. The van der Waals surface area contributed by atoms with Gasteiger partial charge in [0.1, 0.15) is 0 Å². The highest BCUT2D eigenvalue weighted by atomic mass is 16.2. The minimum atomic E-state index is -0.691. The Bertz CT molecular complexity index is 267. The second kappa shape index (κ2) is 4.31. The molecule has 1 unspecified atom stereocenters. The third-order valence-electron chi connectivity index (χ3n) is 3.68. The number of rotatable bonds is 3. The minimum Gasteiger partial charge on any atom is -0.317 e. The van der Waals surface area contributed by atoms with Gasteiger partial charge in [0.15, 0.2) is 0 Å². The number of likely N-dealkylation sites (N-methyl/N-ethyl adjacent to an activating group) is 1. The molecule has 2 aliphatic rings. The van der Waals surface area contributed by atoms with Crippen LogP contribution in [0.2, 0.25) is 0 Å². The summed E-state index contributed by atoms with van der Waals surface area (Å²) in [6.07, 6.45) is 2.17. The summed E-state index contributed by atoms with van der Waals surface area (Å²) in [5, 5.41) is 1.98. The van der Waals surface area contributed by atoms with Crippen LogP contribution in [0, 0.1) is 5.92 Å². The van der Waals surface area contributed by atoms with Crippen LogP contribution < -0.4 is 11.2 Å². The lowest BCUT2D eigenvalue weighted by Crippen LogP contribution is -2.60. The van der Waals surface area contributed by atoms with Gasteiger partial charge in [-0.3, -0.25) is 10.2 Å². The highest BCUT2D eigenvalue weighted by Gasteiger charge is 2.44. The number of amides is 1. The van der Waals surface area contributed by atoms with Crippen molar-refractivity contribution in [2.24, 2.45) is 11.7 Å². The van der Waals surface area contributed by atoms with Crippen LogP contribution in [0.15, 0.2) is 0 Å². The number of carbonyl (C=O) groups is 1. The molecule has 0 radical (unpaired) electrons. The topological polar surface area (TPSA) is 61.6 Å². The van der Waals surface area contributed by atoms with E-state index in [9.17, 15) is 4.79 Å². The molecule has 2 rings (SSSR count). The minimum absolute atomic E-state index is 0.0282. The second-order valence-corrected chi connectivity index (χ2v) is 5.29. The third-order valence-corrected chi connectivity index (χ3v) is 3.68. The maximum absolute atomic E-state index is 12.0. The van der Waals surface area contributed by atoms with E-state index in [1.807, 2.05) is 11.9 Å². The normalized spacial score (nSPS) is 27.4. The van der Waals surface area contributed by atoms with Crippen molar-refractivity contribution >= 4 is 5.91 Å². The Morgan fingerprint density at radius 2 is 1.88 bits per heavy atom. The largest absolute Gasteiger partial charge is 0.317 e. The number of piperazine rings is 1. The number of carbonyl (C=O) groups excluding carboxylic acids is 1. The second-order valence-electron chi connectivity index (χ2n) is 5.29. The number of hydrogen-bond donors (Lipinski definition) is 2. The Morgan fingerprint density at radius 1 is 1.31 bits per heavy atom. The first-order valence-corrected chi connectivity index (χ1v) is 6.03. The van der Waals surface area contributed by atoms with E-state index in [-0.39, 0.29) is 5.91 Å².